The van der Waals surface area contributed by atoms with Crippen molar-refractivity contribution in [2.45, 2.75) is 23.6 Å². The molecule has 27 heavy (non-hydrogen) atoms. The molecule has 3 rings (SSSR count). The molecule has 1 heterocycles. The summed E-state index contributed by atoms with van der Waals surface area (Å²) in [6.45, 7) is 1.54. The first-order chi connectivity index (χ1) is 12.8. The van der Waals surface area contributed by atoms with Crippen LogP contribution in [0.3, 0.4) is 0 Å². The topological polar surface area (TPSA) is 68.0 Å². The van der Waals surface area contributed by atoms with Crippen LogP contribution >= 0.6 is 11.8 Å². The first-order valence-electron chi connectivity index (χ1n) is 7.87. The molecule has 1 aromatic heterocycles. The maximum Gasteiger partial charge on any atom is 0.418 e. The summed E-state index contributed by atoms with van der Waals surface area (Å²) >= 11 is 0.966. The smallest absolute Gasteiger partial charge is 0.411 e. The number of halogens is 3. The van der Waals surface area contributed by atoms with E-state index in [1.54, 1.807) is 19.1 Å². The molecule has 0 aliphatic carbocycles. The molecule has 0 saturated carbocycles. The van der Waals surface area contributed by atoms with Crippen LogP contribution in [0, 0.1) is 0 Å². The molecule has 140 valence electrons. The SMILES string of the molecule is CC(Sc1nnc(-c2ccccc2)o1)C(=O)Nc1ccccc1C(F)(F)F. The lowest BCUT2D eigenvalue weighted by molar-refractivity contribution is -0.137. The highest BCUT2D eigenvalue weighted by atomic mass is 32.2. The quantitative estimate of drug-likeness (QED) is 0.626. The minimum Gasteiger partial charge on any atom is -0.411 e. The zero-order valence-electron chi connectivity index (χ0n) is 14.0. The van der Waals surface area contributed by atoms with Crippen LogP contribution in [0.1, 0.15) is 12.5 Å². The number of nitrogens with one attached hydrogen (secondary N) is 1. The molecule has 0 saturated heterocycles. The number of para-hydroxylation sites is 1. The Bertz CT molecular complexity index is 929. The van der Waals surface area contributed by atoms with Crippen molar-refractivity contribution in [1.29, 1.82) is 0 Å². The van der Waals surface area contributed by atoms with Crippen molar-refractivity contribution in [3.05, 3.63) is 60.2 Å². The van der Waals surface area contributed by atoms with Crippen LogP contribution in [-0.2, 0) is 11.0 Å². The summed E-state index contributed by atoms with van der Waals surface area (Å²) in [7, 11) is 0. The number of benzene rings is 2. The van der Waals surface area contributed by atoms with E-state index in [0.29, 0.717) is 5.89 Å². The Balaban J connectivity index is 1.68. The van der Waals surface area contributed by atoms with E-state index in [2.05, 4.69) is 15.5 Å². The molecule has 0 aliphatic rings. The predicted molar refractivity (Wildman–Crippen MR) is 95.1 cm³/mol. The number of amides is 1. The average Bonchev–Trinajstić information content (AvgIpc) is 3.10. The summed E-state index contributed by atoms with van der Waals surface area (Å²) in [5.74, 6) is -0.302. The van der Waals surface area contributed by atoms with Gasteiger partial charge in [0, 0.05) is 5.56 Å². The van der Waals surface area contributed by atoms with Crippen LogP contribution in [0.25, 0.3) is 11.5 Å². The number of thioether (sulfide) groups is 1. The maximum atomic E-state index is 13.0. The molecular weight excluding hydrogens is 379 g/mol. The Hall–Kier alpha value is -2.81. The molecule has 9 heteroatoms. The first kappa shape index (κ1) is 19.0. The number of carbonyl (C=O) groups excluding carboxylic acids is 1. The molecule has 0 spiro atoms. The van der Waals surface area contributed by atoms with E-state index in [0.717, 1.165) is 23.4 Å². The summed E-state index contributed by atoms with van der Waals surface area (Å²) in [4.78, 5) is 12.3. The molecule has 0 fully saturated rings. The molecule has 1 unspecified atom stereocenters. The van der Waals surface area contributed by atoms with Gasteiger partial charge in [0.25, 0.3) is 5.22 Å². The predicted octanol–water partition coefficient (Wildman–Crippen LogP) is 4.87. The van der Waals surface area contributed by atoms with Crippen molar-refractivity contribution >= 4 is 23.4 Å². The lowest BCUT2D eigenvalue weighted by Gasteiger charge is -2.15. The second kappa shape index (κ2) is 7.83. The minimum atomic E-state index is -4.56. The van der Waals surface area contributed by atoms with Gasteiger partial charge in [0.05, 0.1) is 16.5 Å². The molecule has 3 aromatic rings. The van der Waals surface area contributed by atoms with E-state index in [1.165, 1.54) is 18.2 Å². The molecule has 1 atom stereocenters. The number of hydrogen-bond acceptors (Lipinski definition) is 5. The van der Waals surface area contributed by atoms with Crippen LogP contribution in [-0.4, -0.2) is 21.4 Å². The number of rotatable bonds is 5. The number of aromatic nitrogens is 2. The Kier molecular flexibility index (Phi) is 5.50. The van der Waals surface area contributed by atoms with Gasteiger partial charge in [-0.2, -0.15) is 13.2 Å². The second-order valence-electron chi connectivity index (χ2n) is 5.53. The fourth-order valence-electron chi connectivity index (χ4n) is 2.23. The van der Waals surface area contributed by atoms with Gasteiger partial charge in [-0.1, -0.05) is 42.1 Å². The lowest BCUT2D eigenvalue weighted by Crippen LogP contribution is -2.24. The third-order valence-corrected chi connectivity index (χ3v) is 4.50. The van der Waals surface area contributed by atoms with Crippen molar-refractivity contribution in [3.63, 3.8) is 0 Å². The number of anilines is 1. The zero-order chi connectivity index (χ0) is 19.4. The molecule has 5 nitrogen and oxygen atoms in total. The molecule has 0 radical (unpaired) electrons. The van der Waals surface area contributed by atoms with Gasteiger partial charge in [-0.05, 0) is 31.2 Å². The van der Waals surface area contributed by atoms with Crippen LogP contribution in [0.4, 0.5) is 18.9 Å². The molecule has 2 aromatic carbocycles. The fourth-order valence-corrected chi connectivity index (χ4v) is 2.92. The second-order valence-corrected chi connectivity index (χ2v) is 6.82. The van der Waals surface area contributed by atoms with Crippen molar-refractivity contribution in [1.82, 2.24) is 10.2 Å². The van der Waals surface area contributed by atoms with E-state index in [1.807, 2.05) is 18.2 Å². The van der Waals surface area contributed by atoms with E-state index in [9.17, 15) is 18.0 Å². The van der Waals surface area contributed by atoms with E-state index in [-0.39, 0.29) is 10.9 Å². The molecule has 1 N–H and O–H groups in total. The number of hydrogen-bond donors (Lipinski definition) is 1. The van der Waals surface area contributed by atoms with Gasteiger partial charge in [0.2, 0.25) is 11.8 Å². The van der Waals surface area contributed by atoms with E-state index < -0.39 is 22.9 Å². The van der Waals surface area contributed by atoms with Gasteiger partial charge >= 0.3 is 6.18 Å². The number of nitrogens with zero attached hydrogens (tertiary/aromatic N) is 2. The molecule has 0 bridgehead atoms. The standard InChI is InChI=1S/C18H14F3N3O2S/c1-11(15(25)22-14-10-6-5-9-13(14)18(19,20)21)27-17-24-23-16(26-17)12-7-3-2-4-8-12/h2-11H,1H3,(H,22,25). The Morgan fingerprint density at radius 1 is 1.07 bits per heavy atom. The van der Waals surface area contributed by atoms with Crippen LogP contribution in [0.2, 0.25) is 0 Å². The summed E-state index contributed by atoms with van der Waals surface area (Å²) in [5.41, 5.74) is -0.467. The average molecular weight is 393 g/mol. The maximum absolute atomic E-state index is 13.0. The Morgan fingerprint density at radius 3 is 2.44 bits per heavy atom. The first-order valence-corrected chi connectivity index (χ1v) is 8.75. The minimum absolute atomic E-state index is 0.153. The van der Waals surface area contributed by atoms with Crippen molar-refractivity contribution in [3.8, 4) is 11.5 Å². The summed E-state index contributed by atoms with van der Waals surface area (Å²) in [6, 6.07) is 13.9. The van der Waals surface area contributed by atoms with Gasteiger partial charge in [-0.25, -0.2) is 0 Å². The zero-order valence-corrected chi connectivity index (χ0v) is 14.8. The number of alkyl halides is 3. The summed E-state index contributed by atoms with van der Waals surface area (Å²) in [5, 5.41) is 9.50. The highest BCUT2D eigenvalue weighted by molar-refractivity contribution is 8.00. The highest BCUT2D eigenvalue weighted by Crippen LogP contribution is 2.35. The Labute approximate surface area is 157 Å². The van der Waals surface area contributed by atoms with Gasteiger partial charge in [-0.3, -0.25) is 4.79 Å². The fraction of sp³-hybridized carbons (Fsp3) is 0.167. The number of carbonyl (C=O) groups is 1. The molecule has 0 aliphatic heterocycles. The monoisotopic (exact) mass is 393 g/mol. The van der Waals surface area contributed by atoms with Crippen LogP contribution in [0.5, 0.6) is 0 Å². The third-order valence-electron chi connectivity index (χ3n) is 3.56. The summed E-state index contributed by atoms with van der Waals surface area (Å²) < 4.78 is 44.6. The van der Waals surface area contributed by atoms with Gasteiger partial charge in [0.1, 0.15) is 0 Å². The van der Waals surface area contributed by atoms with Gasteiger partial charge in [0.15, 0.2) is 0 Å². The van der Waals surface area contributed by atoms with Crippen molar-refractivity contribution in [2.75, 3.05) is 5.32 Å². The largest absolute Gasteiger partial charge is 0.418 e. The lowest BCUT2D eigenvalue weighted by atomic mass is 10.1. The normalized spacial score (nSPS) is 12.6. The van der Waals surface area contributed by atoms with E-state index in [4.69, 9.17) is 4.42 Å². The van der Waals surface area contributed by atoms with Crippen molar-refractivity contribution < 1.29 is 22.4 Å². The Morgan fingerprint density at radius 2 is 1.74 bits per heavy atom. The van der Waals surface area contributed by atoms with E-state index >= 15 is 0 Å². The molecular formula is C18H14F3N3O2S. The summed E-state index contributed by atoms with van der Waals surface area (Å²) in [6.07, 6.45) is -4.56. The van der Waals surface area contributed by atoms with Crippen LogP contribution < -0.4 is 5.32 Å². The van der Waals surface area contributed by atoms with Gasteiger partial charge < -0.3 is 9.73 Å². The third kappa shape index (κ3) is 4.68. The molecule has 1 amide bonds. The van der Waals surface area contributed by atoms with Crippen LogP contribution in [0.15, 0.2) is 64.2 Å². The highest BCUT2D eigenvalue weighted by Gasteiger charge is 2.34. The van der Waals surface area contributed by atoms with Crippen molar-refractivity contribution in [2.24, 2.45) is 0 Å². The van der Waals surface area contributed by atoms with Gasteiger partial charge in [-0.15, -0.1) is 10.2 Å².